The van der Waals surface area contributed by atoms with Crippen molar-refractivity contribution in [1.29, 1.82) is 0 Å². The number of thioether (sulfide) groups is 1. The van der Waals surface area contributed by atoms with Crippen LogP contribution in [0, 0.1) is 6.92 Å². The zero-order valence-electron chi connectivity index (χ0n) is 16.2. The fourth-order valence-electron chi connectivity index (χ4n) is 2.69. The van der Waals surface area contributed by atoms with Crippen LogP contribution in [-0.2, 0) is 12.2 Å². The predicted octanol–water partition coefficient (Wildman–Crippen LogP) is 3.95. The molecule has 0 radical (unpaired) electrons. The van der Waals surface area contributed by atoms with Crippen molar-refractivity contribution in [2.24, 2.45) is 0 Å². The molecule has 1 aromatic carbocycles. The fraction of sp³-hybridized carbons (Fsp3) is 0.211. The van der Waals surface area contributed by atoms with Crippen molar-refractivity contribution in [3.05, 3.63) is 63.8 Å². The van der Waals surface area contributed by atoms with Gasteiger partial charge in [0, 0.05) is 23.6 Å². The van der Waals surface area contributed by atoms with Gasteiger partial charge in [-0.05, 0) is 31.0 Å². The van der Waals surface area contributed by atoms with Crippen molar-refractivity contribution in [3.8, 4) is 0 Å². The van der Waals surface area contributed by atoms with Crippen LogP contribution in [0.15, 0.2) is 50.1 Å². The molecule has 3 heterocycles. The topological polar surface area (TPSA) is 114 Å². The Bertz CT molecular complexity index is 1250. The van der Waals surface area contributed by atoms with E-state index in [-0.39, 0.29) is 11.6 Å². The van der Waals surface area contributed by atoms with Gasteiger partial charge in [0.25, 0.3) is 5.56 Å². The number of aromatic nitrogens is 4. The van der Waals surface area contributed by atoms with E-state index in [1.165, 1.54) is 34.7 Å². The molecule has 4 rings (SSSR count). The molecule has 30 heavy (non-hydrogen) atoms. The lowest BCUT2D eigenvalue weighted by atomic mass is 10.1. The van der Waals surface area contributed by atoms with Gasteiger partial charge in [0.05, 0.1) is 5.69 Å². The highest BCUT2D eigenvalue weighted by Gasteiger charge is 2.11. The van der Waals surface area contributed by atoms with Crippen molar-refractivity contribution in [2.75, 3.05) is 10.6 Å². The first kappa shape index (κ1) is 20.1. The van der Waals surface area contributed by atoms with E-state index in [0.29, 0.717) is 38.0 Å². The van der Waals surface area contributed by atoms with Crippen LogP contribution in [0.1, 0.15) is 23.9 Å². The Morgan fingerprint density at radius 3 is 2.77 bits per heavy atom. The van der Waals surface area contributed by atoms with Crippen LogP contribution in [0.4, 0.5) is 15.6 Å². The third-order valence-corrected chi connectivity index (χ3v) is 6.12. The van der Waals surface area contributed by atoms with Gasteiger partial charge < -0.3 is 9.84 Å². The highest BCUT2D eigenvalue weighted by molar-refractivity contribution is 8.00. The molecule has 0 aliphatic rings. The van der Waals surface area contributed by atoms with Crippen molar-refractivity contribution in [1.82, 2.24) is 19.8 Å². The Morgan fingerprint density at radius 2 is 2.00 bits per heavy atom. The molecule has 154 valence electrons. The van der Waals surface area contributed by atoms with Gasteiger partial charge in [-0.25, -0.2) is 9.78 Å². The smallest absolute Gasteiger partial charge is 0.325 e. The number of carbonyl (C=O) groups excluding carboxylic acids is 1. The Balaban J connectivity index is 1.34. The minimum absolute atomic E-state index is 0.271. The number of urea groups is 1. The molecule has 2 amide bonds. The van der Waals surface area contributed by atoms with Crippen molar-refractivity contribution >= 4 is 45.6 Å². The van der Waals surface area contributed by atoms with Gasteiger partial charge in [0.15, 0.2) is 9.99 Å². The van der Waals surface area contributed by atoms with Gasteiger partial charge >= 0.3 is 6.03 Å². The molecule has 4 aromatic rings. The minimum atomic E-state index is -0.387. The standard InChI is InChI=1S/C19H18N6O3S2/c1-3-12-4-6-13(7-5-12)21-17(27)22-18-23-24-19(30-18)29-10-14-9-16(26)25-15(20-14)8-11(2)28-25/h4-9H,3,10H2,1-2H3,(H2,21,22,23,27). The molecule has 0 aliphatic heterocycles. The normalized spacial score (nSPS) is 11.0. The van der Waals surface area contributed by atoms with Crippen LogP contribution < -0.4 is 16.2 Å². The highest BCUT2D eigenvalue weighted by atomic mass is 32.2. The number of benzene rings is 1. The number of hydrogen-bond acceptors (Lipinski definition) is 8. The van der Waals surface area contributed by atoms with Crippen molar-refractivity contribution in [2.45, 2.75) is 30.4 Å². The number of nitrogens with one attached hydrogen (secondary N) is 2. The second-order valence-corrected chi connectivity index (χ2v) is 8.58. The summed E-state index contributed by atoms with van der Waals surface area (Å²) >= 11 is 2.63. The van der Waals surface area contributed by atoms with E-state index in [0.717, 1.165) is 11.0 Å². The maximum Gasteiger partial charge on any atom is 0.325 e. The summed E-state index contributed by atoms with van der Waals surface area (Å²) in [6.07, 6.45) is 0.942. The van der Waals surface area contributed by atoms with Gasteiger partial charge in [-0.2, -0.15) is 0 Å². The van der Waals surface area contributed by atoms with Crippen LogP contribution in [0.25, 0.3) is 5.65 Å². The molecule has 2 N–H and O–H groups in total. The predicted molar refractivity (Wildman–Crippen MR) is 116 cm³/mol. The number of aryl methyl sites for hydroxylation is 2. The molecule has 3 aromatic heterocycles. The molecule has 0 atom stereocenters. The first-order valence-electron chi connectivity index (χ1n) is 9.13. The van der Waals surface area contributed by atoms with E-state index in [1.54, 1.807) is 13.0 Å². The summed E-state index contributed by atoms with van der Waals surface area (Å²) in [7, 11) is 0. The molecule has 0 saturated heterocycles. The number of hydrogen-bond donors (Lipinski definition) is 2. The van der Waals surface area contributed by atoms with Gasteiger partial charge in [0.2, 0.25) is 5.13 Å². The minimum Gasteiger partial charge on any atom is -0.375 e. The zero-order chi connectivity index (χ0) is 21.1. The molecule has 0 aliphatic carbocycles. The SMILES string of the molecule is CCc1ccc(NC(=O)Nc2nnc(SCc3cc(=O)n4oc(C)cc4n3)s2)cc1. The van der Waals surface area contributed by atoms with Gasteiger partial charge in [-0.3, -0.25) is 10.1 Å². The van der Waals surface area contributed by atoms with Gasteiger partial charge in [0.1, 0.15) is 5.76 Å². The second kappa shape index (κ2) is 8.67. The quantitative estimate of drug-likeness (QED) is 0.343. The molecule has 0 unspecified atom stereocenters. The van der Waals surface area contributed by atoms with Gasteiger partial charge in [-0.15, -0.1) is 14.8 Å². The Morgan fingerprint density at radius 1 is 1.20 bits per heavy atom. The van der Waals surface area contributed by atoms with E-state index in [4.69, 9.17) is 4.52 Å². The third-order valence-electron chi connectivity index (χ3n) is 4.11. The molecule has 0 bridgehead atoms. The van der Waals surface area contributed by atoms with E-state index in [1.807, 2.05) is 24.3 Å². The maximum atomic E-state index is 12.1. The van der Waals surface area contributed by atoms with Crippen LogP contribution >= 0.6 is 23.1 Å². The molecular weight excluding hydrogens is 424 g/mol. The number of anilines is 2. The third kappa shape index (κ3) is 4.69. The summed E-state index contributed by atoms with van der Waals surface area (Å²) in [5, 5.41) is 13.9. The fourth-order valence-corrected chi connectivity index (χ4v) is 4.32. The van der Waals surface area contributed by atoms with E-state index < -0.39 is 0 Å². The second-order valence-electron chi connectivity index (χ2n) is 6.38. The highest BCUT2D eigenvalue weighted by Crippen LogP contribution is 2.28. The Kier molecular flexibility index (Phi) is 5.81. The average Bonchev–Trinajstić information content (AvgIpc) is 3.32. The van der Waals surface area contributed by atoms with Crippen molar-refractivity contribution in [3.63, 3.8) is 0 Å². The number of fused-ring (bicyclic) bond motifs is 1. The lowest BCUT2D eigenvalue weighted by Crippen LogP contribution is -2.19. The van der Waals surface area contributed by atoms with Crippen LogP contribution in [0.3, 0.4) is 0 Å². The summed E-state index contributed by atoms with van der Waals surface area (Å²) in [6.45, 7) is 3.83. The summed E-state index contributed by atoms with van der Waals surface area (Å²) in [5.74, 6) is 1.06. The van der Waals surface area contributed by atoms with Crippen LogP contribution in [-0.4, -0.2) is 25.8 Å². The molecule has 11 heteroatoms. The molecule has 9 nitrogen and oxygen atoms in total. The molecule has 0 fully saturated rings. The van der Waals surface area contributed by atoms with Crippen molar-refractivity contribution < 1.29 is 9.32 Å². The number of nitrogens with zero attached hydrogens (tertiary/aromatic N) is 4. The molecule has 0 spiro atoms. The summed E-state index contributed by atoms with van der Waals surface area (Å²) in [5.41, 5.74) is 2.71. The monoisotopic (exact) mass is 442 g/mol. The summed E-state index contributed by atoms with van der Waals surface area (Å²) in [4.78, 5) is 28.6. The first-order valence-corrected chi connectivity index (χ1v) is 10.9. The average molecular weight is 443 g/mol. The van der Waals surface area contributed by atoms with Crippen LogP contribution in [0.5, 0.6) is 0 Å². The van der Waals surface area contributed by atoms with E-state index in [9.17, 15) is 9.59 Å². The van der Waals surface area contributed by atoms with Gasteiger partial charge in [-0.1, -0.05) is 42.2 Å². The zero-order valence-corrected chi connectivity index (χ0v) is 17.8. The van der Waals surface area contributed by atoms with Crippen LogP contribution in [0.2, 0.25) is 0 Å². The first-order chi connectivity index (χ1) is 14.5. The summed E-state index contributed by atoms with van der Waals surface area (Å²) < 4.78 is 7.09. The maximum absolute atomic E-state index is 12.1. The van der Waals surface area contributed by atoms with E-state index in [2.05, 4.69) is 32.7 Å². The number of amides is 2. The Labute approximate surface area is 179 Å². The molecule has 0 saturated carbocycles. The van der Waals surface area contributed by atoms with E-state index >= 15 is 0 Å². The lowest BCUT2D eigenvalue weighted by Gasteiger charge is -2.05. The Hall–Kier alpha value is -3.18. The lowest BCUT2D eigenvalue weighted by molar-refractivity contribution is 0.262. The number of carbonyl (C=O) groups is 1. The largest absolute Gasteiger partial charge is 0.375 e. The number of rotatable bonds is 6. The summed E-state index contributed by atoms with van der Waals surface area (Å²) in [6, 6.07) is 10.4. The molecular formula is C19H18N6O3S2.